The lowest BCUT2D eigenvalue weighted by Gasteiger charge is -2.14. The minimum absolute atomic E-state index is 0.292. The third kappa shape index (κ3) is 7.29. The highest BCUT2D eigenvalue weighted by Crippen LogP contribution is 1.99. The van der Waals surface area contributed by atoms with Crippen LogP contribution in [0.5, 0.6) is 0 Å². The van der Waals surface area contributed by atoms with E-state index < -0.39 is 33.9 Å². The molecule has 0 radical (unpaired) electrons. The van der Waals surface area contributed by atoms with Crippen LogP contribution in [0.4, 0.5) is 0 Å². The number of rotatable bonds is 6. The van der Waals surface area contributed by atoms with Crippen molar-refractivity contribution < 1.29 is 23.1 Å². The monoisotopic (exact) mass is 239 g/mol. The molecule has 0 fully saturated rings. The van der Waals surface area contributed by atoms with Gasteiger partial charge in [-0.25, -0.2) is 13.1 Å². The topological polar surface area (TPSA) is 92.7 Å². The normalized spacial score (nSPS) is 15.7. The Balaban J connectivity index is 4.20. The Morgan fingerprint density at radius 2 is 2.00 bits per heavy atom. The number of ether oxygens (including phenoxy) is 1. The van der Waals surface area contributed by atoms with Crippen LogP contribution in [0.15, 0.2) is 0 Å². The minimum Gasteiger partial charge on any atom is -0.468 e. The number of aliphatic hydroxyl groups is 1. The summed E-state index contributed by atoms with van der Waals surface area (Å²) in [6.07, 6.45) is -0.304. The van der Waals surface area contributed by atoms with Crippen LogP contribution in [0, 0.1) is 0 Å². The van der Waals surface area contributed by atoms with E-state index in [0.29, 0.717) is 6.42 Å². The molecule has 0 saturated heterocycles. The third-order valence-electron chi connectivity index (χ3n) is 1.61. The third-order valence-corrected chi connectivity index (χ3v) is 2.99. The van der Waals surface area contributed by atoms with Crippen molar-refractivity contribution in [1.29, 1.82) is 0 Å². The minimum atomic E-state index is -3.67. The van der Waals surface area contributed by atoms with E-state index in [1.54, 1.807) is 13.8 Å². The Hall–Kier alpha value is -0.660. The molecule has 2 unspecified atom stereocenters. The number of hydrogen-bond acceptors (Lipinski definition) is 5. The van der Waals surface area contributed by atoms with Gasteiger partial charge in [0.2, 0.25) is 10.0 Å². The SMILES string of the molecule is COC(=O)CS(=O)(=O)NC(C)CC(C)O. The van der Waals surface area contributed by atoms with Gasteiger partial charge in [0.15, 0.2) is 5.75 Å². The van der Waals surface area contributed by atoms with E-state index in [1.807, 2.05) is 0 Å². The van der Waals surface area contributed by atoms with Gasteiger partial charge >= 0.3 is 5.97 Å². The molecule has 0 aliphatic heterocycles. The average molecular weight is 239 g/mol. The molecule has 0 spiro atoms. The van der Waals surface area contributed by atoms with Crippen molar-refractivity contribution in [2.75, 3.05) is 12.9 Å². The van der Waals surface area contributed by atoms with E-state index in [0.717, 1.165) is 7.11 Å². The van der Waals surface area contributed by atoms with Crippen molar-refractivity contribution in [3.05, 3.63) is 0 Å². The summed E-state index contributed by atoms with van der Waals surface area (Å²) in [6.45, 7) is 3.17. The van der Waals surface area contributed by atoms with Gasteiger partial charge in [0, 0.05) is 6.04 Å². The van der Waals surface area contributed by atoms with Gasteiger partial charge in [-0.1, -0.05) is 0 Å². The zero-order chi connectivity index (χ0) is 12.1. The lowest BCUT2D eigenvalue weighted by molar-refractivity contribution is -0.137. The molecule has 7 heteroatoms. The zero-order valence-electron chi connectivity index (χ0n) is 9.06. The smallest absolute Gasteiger partial charge is 0.322 e. The number of sulfonamides is 1. The molecular formula is C8H17NO5S. The average Bonchev–Trinajstić information content (AvgIpc) is 1.99. The molecule has 0 bridgehead atoms. The quantitative estimate of drug-likeness (QED) is 0.594. The number of hydrogen-bond donors (Lipinski definition) is 2. The van der Waals surface area contributed by atoms with Gasteiger partial charge in [-0.15, -0.1) is 0 Å². The van der Waals surface area contributed by atoms with E-state index in [9.17, 15) is 13.2 Å². The van der Waals surface area contributed by atoms with Crippen molar-refractivity contribution in [2.45, 2.75) is 32.4 Å². The maximum Gasteiger partial charge on any atom is 0.322 e. The molecule has 0 aliphatic rings. The molecule has 0 saturated carbocycles. The summed E-state index contributed by atoms with van der Waals surface area (Å²) in [4.78, 5) is 10.7. The predicted molar refractivity (Wildman–Crippen MR) is 54.7 cm³/mol. The van der Waals surface area contributed by atoms with Gasteiger partial charge in [0.1, 0.15) is 0 Å². The van der Waals surface area contributed by atoms with Crippen molar-refractivity contribution in [2.24, 2.45) is 0 Å². The standard InChI is InChI=1S/C8H17NO5S/c1-6(4-7(2)10)9-15(12,13)5-8(11)14-3/h6-7,9-10H,4-5H2,1-3H3. The van der Waals surface area contributed by atoms with Crippen molar-refractivity contribution in [3.63, 3.8) is 0 Å². The lowest BCUT2D eigenvalue weighted by Crippen LogP contribution is -2.38. The molecule has 2 N–H and O–H groups in total. The second-order valence-electron chi connectivity index (χ2n) is 3.44. The Morgan fingerprint density at radius 1 is 1.47 bits per heavy atom. The van der Waals surface area contributed by atoms with Gasteiger partial charge in [-0.05, 0) is 20.3 Å². The fraction of sp³-hybridized carbons (Fsp3) is 0.875. The maximum absolute atomic E-state index is 11.3. The van der Waals surface area contributed by atoms with Crippen LogP contribution in [-0.2, 0) is 19.6 Å². The second kappa shape index (κ2) is 6.04. The van der Waals surface area contributed by atoms with Gasteiger partial charge in [-0.2, -0.15) is 0 Å². The molecule has 0 aliphatic carbocycles. The van der Waals surface area contributed by atoms with Gasteiger partial charge in [0.25, 0.3) is 0 Å². The van der Waals surface area contributed by atoms with Gasteiger partial charge < -0.3 is 9.84 Å². The van der Waals surface area contributed by atoms with Gasteiger partial charge in [-0.3, -0.25) is 4.79 Å². The lowest BCUT2D eigenvalue weighted by atomic mass is 10.2. The summed E-state index contributed by atoms with van der Waals surface area (Å²) in [5.41, 5.74) is 0. The number of esters is 1. The van der Waals surface area contributed by atoms with Crippen LogP contribution in [0.2, 0.25) is 0 Å². The van der Waals surface area contributed by atoms with E-state index in [2.05, 4.69) is 9.46 Å². The maximum atomic E-state index is 11.3. The molecule has 0 aromatic heterocycles. The highest BCUT2D eigenvalue weighted by atomic mass is 32.2. The molecule has 0 aromatic carbocycles. The van der Waals surface area contributed by atoms with Crippen molar-refractivity contribution in [1.82, 2.24) is 4.72 Å². The Labute approximate surface area is 89.7 Å². The summed E-state index contributed by atoms with van der Waals surface area (Å²) in [5.74, 6) is -1.51. The first-order chi connectivity index (χ1) is 6.76. The predicted octanol–water partition coefficient (Wildman–Crippen LogP) is -0.762. The van der Waals surface area contributed by atoms with Gasteiger partial charge in [0.05, 0.1) is 13.2 Å². The van der Waals surface area contributed by atoms with Crippen LogP contribution in [0.1, 0.15) is 20.3 Å². The van der Waals surface area contributed by atoms with Crippen molar-refractivity contribution >= 4 is 16.0 Å². The molecule has 90 valence electrons. The van der Waals surface area contributed by atoms with Crippen molar-refractivity contribution in [3.8, 4) is 0 Å². The first kappa shape index (κ1) is 14.3. The largest absolute Gasteiger partial charge is 0.468 e. The molecule has 0 aromatic rings. The zero-order valence-corrected chi connectivity index (χ0v) is 9.87. The van der Waals surface area contributed by atoms with Crippen LogP contribution in [0.3, 0.4) is 0 Å². The first-order valence-electron chi connectivity index (χ1n) is 4.51. The summed E-state index contributed by atoms with van der Waals surface area (Å²) >= 11 is 0. The Kier molecular flexibility index (Phi) is 5.77. The number of carbonyl (C=O) groups is 1. The number of methoxy groups -OCH3 is 1. The number of carbonyl (C=O) groups excluding carboxylic acids is 1. The van der Waals surface area contributed by atoms with E-state index in [1.165, 1.54) is 0 Å². The van der Waals surface area contributed by atoms with E-state index in [-0.39, 0.29) is 0 Å². The Morgan fingerprint density at radius 3 is 2.40 bits per heavy atom. The number of nitrogens with one attached hydrogen (secondary N) is 1. The first-order valence-corrected chi connectivity index (χ1v) is 6.17. The fourth-order valence-corrected chi connectivity index (χ4v) is 2.34. The summed E-state index contributed by atoms with van der Waals surface area (Å²) < 4.78 is 29.1. The summed E-state index contributed by atoms with van der Waals surface area (Å²) in [5, 5.41) is 9.02. The summed E-state index contributed by atoms with van der Waals surface area (Å²) in [6, 6.07) is -0.417. The molecule has 0 rings (SSSR count). The van der Waals surface area contributed by atoms with Crippen LogP contribution in [0.25, 0.3) is 0 Å². The summed E-state index contributed by atoms with van der Waals surface area (Å²) in [7, 11) is -2.55. The molecule has 15 heavy (non-hydrogen) atoms. The molecule has 0 heterocycles. The second-order valence-corrected chi connectivity index (χ2v) is 5.19. The van der Waals surface area contributed by atoms with Crippen LogP contribution in [-0.4, -0.2) is 44.5 Å². The number of aliphatic hydroxyl groups excluding tert-OH is 1. The highest BCUT2D eigenvalue weighted by Gasteiger charge is 2.19. The molecular weight excluding hydrogens is 222 g/mol. The van der Waals surface area contributed by atoms with Crippen LogP contribution >= 0.6 is 0 Å². The molecule has 6 nitrogen and oxygen atoms in total. The molecule has 0 amide bonds. The molecule has 2 atom stereocenters. The van der Waals surface area contributed by atoms with E-state index in [4.69, 9.17) is 5.11 Å². The highest BCUT2D eigenvalue weighted by molar-refractivity contribution is 7.90. The van der Waals surface area contributed by atoms with E-state index >= 15 is 0 Å². The van der Waals surface area contributed by atoms with Crippen LogP contribution < -0.4 is 4.72 Å². The fourth-order valence-electron chi connectivity index (χ4n) is 1.12. The Bertz CT molecular complexity index is 298.